The summed E-state index contributed by atoms with van der Waals surface area (Å²) in [7, 11) is 1.81. The van der Waals surface area contributed by atoms with E-state index in [9.17, 15) is 10.1 Å². The molecule has 0 bridgehead atoms. The predicted octanol–water partition coefficient (Wildman–Crippen LogP) is 1.89. The molecule has 0 aliphatic heterocycles. The van der Waals surface area contributed by atoms with Crippen molar-refractivity contribution in [3.63, 3.8) is 0 Å². The lowest BCUT2D eigenvalue weighted by Crippen LogP contribution is -2.24. The van der Waals surface area contributed by atoms with Crippen molar-refractivity contribution >= 4 is 11.5 Å². The predicted molar refractivity (Wildman–Crippen MR) is 63.7 cm³/mol. The van der Waals surface area contributed by atoms with Crippen LogP contribution in [0.3, 0.4) is 0 Å². The molecule has 0 amide bonds. The van der Waals surface area contributed by atoms with Gasteiger partial charge in [0, 0.05) is 19.7 Å². The van der Waals surface area contributed by atoms with Gasteiger partial charge in [-0.05, 0) is 19.4 Å². The first-order valence-corrected chi connectivity index (χ1v) is 5.17. The van der Waals surface area contributed by atoms with E-state index in [1.165, 1.54) is 12.3 Å². The lowest BCUT2D eigenvalue weighted by Gasteiger charge is -2.20. The Morgan fingerprint density at radius 1 is 1.71 bits per heavy atom. The summed E-state index contributed by atoms with van der Waals surface area (Å²) < 4.78 is 0. The highest BCUT2D eigenvalue weighted by Crippen LogP contribution is 2.21. The van der Waals surface area contributed by atoms with Gasteiger partial charge in [0.2, 0.25) is 0 Å². The number of aryl methyl sites for hydroxylation is 1. The third-order valence-electron chi connectivity index (χ3n) is 2.38. The maximum atomic E-state index is 10.6. The van der Waals surface area contributed by atoms with E-state index >= 15 is 0 Å². The maximum Gasteiger partial charge on any atom is 0.287 e. The zero-order valence-corrected chi connectivity index (χ0v) is 10.0. The minimum atomic E-state index is -0.471. The molecule has 17 heavy (non-hydrogen) atoms. The molecule has 1 unspecified atom stereocenters. The quantitative estimate of drug-likeness (QED) is 0.586. The first kappa shape index (κ1) is 12.9. The third-order valence-corrected chi connectivity index (χ3v) is 2.38. The van der Waals surface area contributed by atoms with Gasteiger partial charge in [-0.2, -0.15) is 5.26 Å². The Morgan fingerprint density at radius 3 is 2.82 bits per heavy atom. The SMILES string of the molecule is Cc1cc([N+](=O)[O-])cnc1N(C)CC(C)C#N. The molecule has 0 N–H and O–H groups in total. The van der Waals surface area contributed by atoms with Crippen molar-refractivity contribution in [3.05, 3.63) is 27.9 Å². The molecule has 0 fully saturated rings. The monoisotopic (exact) mass is 234 g/mol. The molecule has 1 aromatic rings. The number of hydrogen-bond acceptors (Lipinski definition) is 5. The molecule has 0 aromatic carbocycles. The average Bonchev–Trinajstić information content (AvgIpc) is 2.28. The molecule has 0 saturated heterocycles. The van der Waals surface area contributed by atoms with E-state index in [-0.39, 0.29) is 11.6 Å². The first-order chi connectivity index (χ1) is 7.95. The Labute approximate surface area is 99.6 Å². The second-order valence-corrected chi connectivity index (χ2v) is 4.00. The van der Waals surface area contributed by atoms with Gasteiger partial charge in [0.15, 0.2) is 0 Å². The summed E-state index contributed by atoms with van der Waals surface area (Å²) in [5.74, 6) is 0.550. The normalized spacial score (nSPS) is 11.6. The number of pyridine rings is 1. The van der Waals surface area contributed by atoms with E-state index in [1.807, 2.05) is 18.9 Å². The van der Waals surface area contributed by atoms with Gasteiger partial charge < -0.3 is 4.90 Å². The minimum Gasteiger partial charge on any atom is -0.358 e. The van der Waals surface area contributed by atoms with Crippen LogP contribution in [-0.2, 0) is 0 Å². The van der Waals surface area contributed by atoms with E-state index in [4.69, 9.17) is 5.26 Å². The number of hydrogen-bond donors (Lipinski definition) is 0. The maximum absolute atomic E-state index is 10.6. The number of anilines is 1. The largest absolute Gasteiger partial charge is 0.358 e. The van der Waals surface area contributed by atoms with Crippen molar-refractivity contribution in [2.45, 2.75) is 13.8 Å². The van der Waals surface area contributed by atoms with Crippen LogP contribution in [0.2, 0.25) is 0 Å². The minimum absolute atomic E-state index is 0.0204. The fourth-order valence-electron chi connectivity index (χ4n) is 1.59. The molecule has 1 rings (SSSR count). The molecular formula is C11H14N4O2. The Morgan fingerprint density at radius 2 is 2.35 bits per heavy atom. The van der Waals surface area contributed by atoms with Crippen LogP contribution in [0.15, 0.2) is 12.3 Å². The number of rotatable bonds is 4. The average molecular weight is 234 g/mol. The highest BCUT2D eigenvalue weighted by atomic mass is 16.6. The topological polar surface area (TPSA) is 83.1 Å². The van der Waals surface area contributed by atoms with Crippen molar-refractivity contribution in [2.75, 3.05) is 18.5 Å². The lowest BCUT2D eigenvalue weighted by molar-refractivity contribution is -0.385. The second-order valence-electron chi connectivity index (χ2n) is 4.00. The van der Waals surface area contributed by atoms with Crippen LogP contribution < -0.4 is 4.90 Å². The van der Waals surface area contributed by atoms with Crippen LogP contribution in [-0.4, -0.2) is 23.5 Å². The molecule has 0 saturated carbocycles. The summed E-state index contributed by atoms with van der Waals surface area (Å²) in [5.41, 5.74) is 0.708. The van der Waals surface area contributed by atoms with Gasteiger partial charge in [0.05, 0.1) is 16.9 Å². The van der Waals surface area contributed by atoms with Crippen LogP contribution in [0.5, 0.6) is 0 Å². The fourth-order valence-corrected chi connectivity index (χ4v) is 1.59. The summed E-state index contributed by atoms with van der Waals surface area (Å²) in [5, 5.41) is 19.3. The van der Waals surface area contributed by atoms with Gasteiger partial charge in [-0.25, -0.2) is 4.98 Å². The summed E-state index contributed by atoms with van der Waals surface area (Å²) in [6, 6.07) is 3.62. The number of nitro groups is 1. The van der Waals surface area contributed by atoms with Crippen LogP contribution in [0.25, 0.3) is 0 Å². The summed E-state index contributed by atoms with van der Waals surface area (Å²) in [4.78, 5) is 16.0. The number of aromatic nitrogens is 1. The molecule has 6 heteroatoms. The molecule has 1 atom stereocenters. The van der Waals surface area contributed by atoms with Crippen molar-refractivity contribution in [3.8, 4) is 6.07 Å². The Bertz CT molecular complexity index is 467. The molecular weight excluding hydrogens is 220 g/mol. The number of nitrogens with zero attached hydrogens (tertiary/aromatic N) is 4. The molecule has 1 heterocycles. The zero-order chi connectivity index (χ0) is 13.0. The first-order valence-electron chi connectivity index (χ1n) is 5.17. The van der Waals surface area contributed by atoms with Crippen LogP contribution in [0.1, 0.15) is 12.5 Å². The highest BCUT2D eigenvalue weighted by Gasteiger charge is 2.13. The molecule has 90 valence electrons. The zero-order valence-electron chi connectivity index (χ0n) is 10.0. The van der Waals surface area contributed by atoms with Crippen LogP contribution in [0, 0.1) is 34.3 Å². The molecule has 6 nitrogen and oxygen atoms in total. The molecule has 1 aromatic heterocycles. The summed E-state index contributed by atoms with van der Waals surface area (Å²) >= 11 is 0. The van der Waals surface area contributed by atoms with Gasteiger partial charge in [0.1, 0.15) is 12.0 Å². The van der Waals surface area contributed by atoms with Crippen molar-refractivity contribution in [2.24, 2.45) is 5.92 Å². The van der Waals surface area contributed by atoms with E-state index < -0.39 is 4.92 Å². The van der Waals surface area contributed by atoms with Gasteiger partial charge in [0.25, 0.3) is 5.69 Å². The molecule has 0 aliphatic rings. The van der Waals surface area contributed by atoms with E-state index in [0.29, 0.717) is 12.4 Å². The smallest absolute Gasteiger partial charge is 0.287 e. The third kappa shape index (κ3) is 3.14. The Kier molecular flexibility index (Phi) is 3.99. The van der Waals surface area contributed by atoms with E-state index in [0.717, 1.165) is 5.56 Å². The van der Waals surface area contributed by atoms with Crippen LogP contribution in [0.4, 0.5) is 11.5 Å². The summed E-state index contributed by atoms with van der Waals surface area (Å²) in [6.07, 6.45) is 1.23. The van der Waals surface area contributed by atoms with Gasteiger partial charge in [-0.3, -0.25) is 10.1 Å². The molecule has 0 radical (unpaired) electrons. The van der Waals surface area contributed by atoms with Gasteiger partial charge in [-0.1, -0.05) is 0 Å². The van der Waals surface area contributed by atoms with Gasteiger partial charge >= 0.3 is 0 Å². The Hall–Kier alpha value is -2.16. The molecule has 0 spiro atoms. The second kappa shape index (κ2) is 5.25. The van der Waals surface area contributed by atoms with Gasteiger partial charge in [-0.15, -0.1) is 0 Å². The highest BCUT2D eigenvalue weighted by molar-refractivity contribution is 5.49. The number of nitriles is 1. The van der Waals surface area contributed by atoms with Crippen molar-refractivity contribution in [1.29, 1.82) is 5.26 Å². The van der Waals surface area contributed by atoms with E-state index in [1.54, 1.807) is 6.92 Å². The molecule has 0 aliphatic carbocycles. The van der Waals surface area contributed by atoms with Crippen molar-refractivity contribution < 1.29 is 4.92 Å². The van der Waals surface area contributed by atoms with Crippen molar-refractivity contribution in [1.82, 2.24) is 4.98 Å². The summed E-state index contributed by atoms with van der Waals surface area (Å²) in [6.45, 7) is 4.13. The standard InChI is InChI=1S/C11H14N4O2/c1-8(5-12)7-14(3)11-9(2)4-10(6-13-11)15(16)17/h4,6,8H,7H2,1-3H3. The van der Waals surface area contributed by atoms with Crippen LogP contribution >= 0.6 is 0 Å². The Balaban J connectivity index is 2.93. The fraction of sp³-hybridized carbons (Fsp3) is 0.455. The van der Waals surface area contributed by atoms with E-state index in [2.05, 4.69) is 11.1 Å². The lowest BCUT2D eigenvalue weighted by atomic mass is 10.2.